The summed E-state index contributed by atoms with van der Waals surface area (Å²) in [4.78, 5) is 24.2. The second-order valence-corrected chi connectivity index (χ2v) is 4.26. The van der Waals surface area contributed by atoms with E-state index in [2.05, 4.69) is 0 Å². The standard InChI is InChI=1S/C10H21N3O2/c1-5-10(4,12)9(15)13(7(2)3)6-8(11)14/h7H,5-6,12H2,1-4H3,(H2,11,14). The number of carbonyl (C=O) groups excluding carboxylic acids is 2. The van der Waals surface area contributed by atoms with Crippen molar-refractivity contribution in [2.45, 2.75) is 45.7 Å². The molecule has 0 saturated heterocycles. The molecule has 0 bridgehead atoms. The van der Waals surface area contributed by atoms with Gasteiger partial charge in [-0.05, 0) is 27.2 Å². The molecule has 0 rings (SSSR count). The normalized spacial score (nSPS) is 14.8. The Labute approximate surface area is 90.8 Å². The zero-order valence-corrected chi connectivity index (χ0v) is 9.91. The molecule has 5 nitrogen and oxygen atoms in total. The maximum absolute atomic E-state index is 12.0. The lowest BCUT2D eigenvalue weighted by Gasteiger charge is -2.33. The number of primary amides is 1. The maximum atomic E-state index is 12.0. The van der Waals surface area contributed by atoms with Gasteiger partial charge in [0, 0.05) is 6.04 Å². The fourth-order valence-corrected chi connectivity index (χ4v) is 1.14. The van der Waals surface area contributed by atoms with Crippen LogP contribution in [0.4, 0.5) is 0 Å². The van der Waals surface area contributed by atoms with E-state index in [9.17, 15) is 9.59 Å². The van der Waals surface area contributed by atoms with Gasteiger partial charge in [0.1, 0.15) is 0 Å². The minimum atomic E-state index is -0.931. The molecule has 0 fully saturated rings. The molecule has 0 radical (unpaired) electrons. The van der Waals surface area contributed by atoms with E-state index in [0.29, 0.717) is 6.42 Å². The fourth-order valence-electron chi connectivity index (χ4n) is 1.14. The van der Waals surface area contributed by atoms with Crippen LogP contribution in [0.2, 0.25) is 0 Å². The Morgan fingerprint density at radius 3 is 2.13 bits per heavy atom. The molecule has 0 aromatic carbocycles. The summed E-state index contributed by atoms with van der Waals surface area (Å²) < 4.78 is 0. The fraction of sp³-hybridized carbons (Fsp3) is 0.800. The zero-order chi connectivity index (χ0) is 12.2. The summed E-state index contributed by atoms with van der Waals surface area (Å²) in [7, 11) is 0. The highest BCUT2D eigenvalue weighted by Gasteiger charge is 2.32. The van der Waals surface area contributed by atoms with E-state index in [4.69, 9.17) is 11.5 Å². The van der Waals surface area contributed by atoms with Crippen molar-refractivity contribution in [3.8, 4) is 0 Å². The predicted molar refractivity (Wildman–Crippen MR) is 58.9 cm³/mol. The van der Waals surface area contributed by atoms with E-state index in [0.717, 1.165) is 0 Å². The maximum Gasteiger partial charge on any atom is 0.243 e. The lowest BCUT2D eigenvalue weighted by Crippen LogP contribution is -2.56. The van der Waals surface area contributed by atoms with Crippen LogP contribution in [-0.2, 0) is 9.59 Å². The number of hydrogen-bond acceptors (Lipinski definition) is 3. The molecule has 1 atom stereocenters. The molecular formula is C10H21N3O2. The molecule has 0 aliphatic carbocycles. The Morgan fingerprint density at radius 1 is 1.40 bits per heavy atom. The monoisotopic (exact) mass is 215 g/mol. The van der Waals surface area contributed by atoms with Crippen LogP contribution in [0.5, 0.6) is 0 Å². The van der Waals surface area contributed by atoms with Gasteiger partial charge in [0.05, 0.1) is 12.1 Å². The second-order valence-electron chi connectivity index (χ2n) is 4.26. The summed E-state index contributed by atoms with van der Waals surface area (Å²) in [6.45, 7) is 7.06. The van der Waals surface area contributed by atoms with Crippen molar-refractivity contribution in [3.63, 3.8) is 0 Å². The third kappa shape index (κ3) is 3.87. The van der Waals surface area contributed by atoms with E-state index in [1.807, 2.05) is 20.8 Å². The van der Waals surface area contributed by atoms with Crippen LogP contribution < -0.4 is 11.5 Å². The molecule has 5 heteroatoms. The highest BCUT2D eigenvalue weighted by Crippen LogP contribution is 2.12. The summed E-state index contributed by atoms with van der Waals surface area (Å²) in [6, 6.07) is -0.0839. The van der Waals surface area contributed by atoms with Crippen molar-refractivity contribution in [3.05, 3.63) is 0 Å². The molecule has 0 aromatic rings. The summed E-state index contributed by atoms with van der Waals surface area (Å²) in [5, 5.41) is 0. The van der Waals surface area contributed by atoms with Gasteiger partial charge >= 0.3 is 0 Å². The summed E-state index contributed by atoms with van der Waals surface area (Å²) in [5.74, 6) is -0.761. The van der Waals surface area contributed by atoms with Crippen LogP contribution in [0, 0.1) is 0 Å². The van der Waals surface area contributed by atoms with Crippen molar-refractivity contribution in [2.24, 2.45) is 11.5 Å². The molecule has 0 heterocycles. The molecule has 0 spiro atoms. The van der Waals surface area contributed by atoms with Crippen LogP contribution in [0.1, 0.15) is 34.1 Å². The molecule has 88 valence electrons. The van der Waals surface area contributed by atoms with Crippen LogP contribution in [0.15, 0.2) is 0 Å². The van der Waals surface area contributed by atoms with Crippen LogP contribution in [0.25, 0.3) is 0 Å². The molecule has 0 aliphatic rings. The lowest BCUT2D eigenvalue weighted by molar-refractivity contribution is -0.141. The van der Waals surface area contributed by atoms with Gasteiger partial charge < -0.3 is 16.4 Å². The molecule has 2 amide bonds. The van der Waals surface area contributed by atoms with E-state index in [1.165, 1.54) is 4.90 Å². The number of nitrogens with zero attached hydrogens (tertiary/aromatic N) is 1. The number of rotatable bonds is 5. The Balaban J connectivity index is 4.78. The molecule has 0 saturated carbocycles. The molecule has 0 aromatic heterocycles. The smallest absolute Gasteiger partial charge is 0.243 e. The number of amides is 2. The van der Waals surface area contributed by atoms with Gasteiger partial charge in [-0.2, -0.15) is 0 Å². The quantitative estimate of drug-likeness (QED) is 0.667. The molecule has 15 heavy (non-hydrogen) atoms. The topological polar surface area (TPSA) is 89.4 Å². The Kier molecular flexibility index (Phi) is 4.74. The van der Waals surface area contributed by atoms with Crippen molar-refractivity contribution < 1.29 is 9.59 Å². The van der Waals surface area contributed by atoms with Crippen molar-refractivity contribution in [1.29, 1.82) is 0 Å². The average Bonchev–Trinajstić information content (AvgIpc) is 2.12. The molecular weight excluding hydrogens is 194 g/mol. The van der Waals surface area contributed by atoms with Gasteiger partial charge in [0.25, 0.3) is 0 Å². The number of hydrogen-bond donors (Lipinski definition) is 2. The summed E-state index contributed by atoms with van der Waals surface area (Å²) in [5.41, 5.74) is 9.98. The average molecular weight is 215 g/mol. The van der Waals surface area contributed by atoms with Crippen LogP contribution in [-0.4, -0.2) is 34.8 Å². The van der Waals surface area contributed by atoms with E-state index in [1.54, 1.807) is 6.92 Å². The lowest BCUT2D eigenvalue weighted by atomic mass is 9.98. The predicted octanol–water partition coefficient (Wildman–Crippen LogP) is -0.164. The summed E-state index contributed by atoms with van der Waals surface area (Å²) in [6.07, 6.45) is 0.522. The van der Waals surface area contributed by atoms with Crippen molar-refractivity contribution in [2.75, 3.05) is 6.54 Å². The number of carbonyl (C=O) groups is 2. The van der Waals surface area contributed by atoms with E-state index in [-0.39, 0.29) is 18.5 Å². The van der Waals surface area contributed by atoms with E-state index >= 15 is 0 Å². The van der Waals surface area contributed by atoms with E-state index < -0.39 is 11.4 Å². The number of nitrogens with two attached hydrogens (primary N) is 2. The van der Waals surface area contributed by atoms with Gasteiger partial charge in [-0.1, -0.05) is 6.92 Å². The molecule has 4 N–H and O–H groups in total. The molecule has 0 aliphatic heterocycles. The van der Waals surface area contributed by atoms with Crippen LogP contribution >= 0.6 is 0 Å². The van der Waals surface area contributed by atoms with Crippen LogP contribution in [0.3, 0.4) is 0 Å². The molecule has 1 unspecified atom stereocenters. The minimum absolute atomic E-state index is 0.0801. The highest BCUT2D eigenvalue weighted by molar-refractivity contribution is 5.89. The first-order valence-corrected chi connectivity index (χ1v) is 5.10. The first-order valence-electron chi connectivity index (χ1n) is 5.10. The minimum Gasteiger partial charge on any atom is -0.368 e. The SMILES string of the molecule is CCC(C)(N)C(=O)N(CC(N)=O)C(C)C. The van der Waals surface area contributed by atoms with Gasteiger partial charge in [-0.15, -0.1) is 0 Å². The van der Waals surface area contributed by atoms with Gasteiger partial charge in [0.2, 0.25) is 11.8 Å². The Morgan fingerprint density at radius 2 is 1.87 bits per heavy atom. The second kappa shape index (κ2) is 5.11. The van der Waals surface area contributed by atoms with Gasteiger partial charge in [0.15, 0.2) is 0 Å². The zero-order valence-electron chi connectivity index (χ0n) is 9.91. The Hall–Kier alpha value is -1.10. The third-order valence-electron chi connectivity index (χ3n) is 2.43. The first-order chi connectivity index (χ1) is 6.72. The highest BCUT2D eigenvalue weighted by atomic mass is 16.2. The van der Waals surface area contributed by atoms with Gasteiger partial charge in [-0.25, -0.2) is 0 Å². The summed E-state index contributed by atoms with van der Waals surface area (Å²) >= 11 is 0. The van der Waals surface area contributed by atoms with Crippen molar-refractivity contribution in [1.82, 2.24) is 4.90 Å². The third-order valence-corrected chi connectivity index (χ3v) is 2.43. The first kappa shape index (κ1) is 13.9. The Bertz CT molecular complexity index is 249. The van der Waals surface area contributed by atoms with Gasteiger partial charge in [-0.3, -0.25) is 9.59 Å². The van der Waals surface area contributed by atoms with Crippen molar-refractivity contribution >= 4 is 11.8 Å². The largest absolute Gasteiger partial charge is 0.368 e.